The summed E-state index contributed by atoms with van der Waals surface area (Å²) in [5, 5.41) is 3.34. The Bertz CT molecular complexity index is 1140. The van der Waals surface area contributed by atoms with Gasteiger partial charge in [0.15, 0.2) is 5.16 Å². The van der Waals surface area contributed by atoms with Crippen LogP contribution in [0.4, 0.5) is 10.1 Å². The molecule has 6 heteroatoms. The summed E-state index contributed by atoms with van der Waals surface area (Å²) in [5.41, 5.74) is 3.80. The van der Waals surface area contributed by atoms with Gasteiger partial charge in [0.25, 0.3) is 0 Å². The molecular formula is C22H18FN3OS. The maximum absolute atomic E-state index is 14.0. The number of anilines is 1. The second kappa shape index (κ2) is 7.86. The van der Waals surface area contributed by atoms with Gasteiger partial charge in [-0.2, -0.15) is 0 Å². The number of nitrogens with zero attached hydrogens (tertiary/aromatic N) is 2. The lowest BCUT2D eigenvalue weighted by molar-refractivity contribution is -0.113. The van der Waals surface area contributed by atoms with E-state index in [4.69, 9.17) is 0 Å². The van der Waals surface area contributed by atoms with Crippen LogP contribution in [0.2, 0.25) is 0 Å². The molecule has 3 aromatic carbocycles. The first kappa shape index (κ1) is 18.3. The summed E-state index contributed by atoms with van der Waals surface area (Å²) in [7, 11) is 0. The topological polar surface area (TPSA) is 46.9 Å². The Balaban J connectivity index is 1.57. The molecule has 0 saturated heterocycles. The maximum atomic E-state index is 14.0. The first-order chi connectivity index (χ1) is 13.6. The van der Waals surface area contributed by atoms with Crippen LogP contribution in [0.25, 0.3) is 16.7 Å². The number of amides is 1. The number of imidazole rings is 1. The molecule has 0 fully saturated rings. The first-order valence-corrected chi connectivity index (χ1v) is 9.82. The van der Waals surface area contributed by atoms with Gasteiger partial charge in [0.2, 0.25) is 5.91 Å². The average molecular weight is 391 g/mol. The van der Waals surface area contributed by atoms with Gasteiger partial charge >= 0.3 is 0 Å². The molecule has 4 nitrogen and oxygen atoms in total. The third-order valence-electron chi connectivity index (χ3n) is 4.28. The van der Waals surface area contributed by atoms with Crippen LogP contribution < -0.4 is 5.32 Å². The molecule has 4 aromatic rings. The third-order valence-corrected chi connectivity index (χ3v) is 5.21. The SMILES string of the molecule is Cc1ccc(NC(=O)CSc2nc3ccccc3n2-c2ccccc2)c(F)c1. The van der Waals surface area contributed by atoms with Crippen LogP contribution in [0.15, 0.2) is 78.0 Å². The number of fused-ring (bicyclic) bond motifs is 1. The van der Waals surface area contributed by atoms with E-state index >= 15 is 0 Å². The summed E-state index contributed by atoms with van der Waals surface area (Å²) in [6.45, 7) is 1.80. The molecule has 0 aliphatic carbocycles. The number of hydrogen-bond acceptors (Lipinski definition) is 3. The lowest BCUT2D eigenvalue weighted by atomic mass is 10.2. The highest BCUT2D eigenvalue weighted by Gasteiger charge is 2.15. The third kappa shape index (κ3) is 3.77. The number of rotatable bonds is 5. The van der Waals surface area contributed by atoms with E-state index in [1.54, 1.807) is 19.1 Å². The van der Waals surface area contributed by atoms with Crippen LogP contribution in [-0.2, 0) is 4.79 Å². The smallest absolute Gasteiger partial charge is 0.234 e. The van der Waals surface area contributed by atoms with Crippen LogP contribution >= 0.6 is 11.8 Å². The minimum Gasteiger partial charge on any atom is -0.323 e. The first-order valence-electron chi connectivity index (χ1n) is 8.83. The molecule has 1 amide bonds. The molecule has 0 unspecified atom stereocenters. The van der Waals surface area contributed by atoms with Gasteiger partial charge in [0, 0.05) is 5.69 Å². The van der Waals surface area contributed by atoms with Gasteiger partial charge in [0.1, 0.15) is 5.82 Å². The van der Waals surface area contributed by atoms with Crippen molar-refractivity contribution in [2.24, 2.45) is 0 Å². The van der Waals surface area contributed by atoms with Gasteiger partial charge in [-0.3, -0.25) is 9.36 Å². The summed E-state index contributed by atoms with van der Waals surface area (Å²) in [4.78, 5) is 17.0. The largest absolute Gasteiger partial charge is 0.323 e. The van der Waals surface area contributed by atoms with Crippen LogP contribution in [0.1, 0.15) is 5.56 Å². The standard InChI is InChI=1S/C22H18FN3OS/c1-15-11-12-18(17(23)13-15)24-21(27)14-28-22-25-19-9-5-6-10-20(19)26(22)16-7-3-2-4-8-16/h2-13H,14H2,1H3,(H,24,27). The van der Waals surface area contributed by atoms with E-state index in [-0.39, 0.29) is 17.3 Å². The lowest BCUT2D eigenvalue weighted by Crippen LogP contribution is -2.15. The molecule has 1 heterocycles. The summed E-state index contributed by atoms with van der Waals surface area (Å²) >= 11 is 1.32. The number of carbonyl (C=O) groups is 1. The zero-order valence-corrected chi connectivity index (χ0v) is 16.0. The minimum absolute atomic E-state index is 0.128. The van der Waals surface area contributed by atoms with Gasteiger partial charge in [-0.25, -0.2) is 9.37 Å². The number of halogens is 1. The van der Waals surface area contributed by atoms with E-state index in [1.165, 1.54) is 17.8 Å². The number of carbonyl (C=O) groups excluding carboxylic acids is 1. The van der Waals surface area contributed by atoms with Crippen molar-refractivity contribution in [1.82, 2.24) is 9.55 Å². The van der Waals surface area contributed by atoms with Crippen LogP contribution in [0.3, 0.4) is 0 Å². The molecule has 0 bridgehead atoms. The molecule has 0 radical (unpaired) electrons. The van der Waals surface area contributed by atoms with Crippen molar-refractivity contribution in [3.8, 4) is 5.69 Å². The van der Waals surface area contributed by atoms with E-state index in [0.717, 1.165) is 22.3 Å². The Morgan fingerprint density at radius 2 is 1.82 bits per heavy atom. The van der Waals surface area contributed by atoms with Crippen molar-refractivity contribution < 1.29 is 9.18 Å². The van der Waals surface area contributed by atoms with Gasteiger partial charge in [0.05, 0.1) is 22.5 Å². The van der Waals surface area contributed by atoms with E-state index < -0.39 is 5.82 Å². The molecule has 0 spiro atoms. The molecule has 0 saturated carbocycles. The molecule has 28 heavy (non-hydrogen) atoms. The number of nitrogens with one attached hydrogen (secondary N) is 1. The molecule has 1 N–H and O–H groups in total. The van der Waals surface area contributed by atoms with Crippen LogP contribution in [-0.4, -0.2) is 21.2 Å². The number of para-hydroxylation sites is 3. The Morgan fingerprint density at radius 3 is 2.61 bits per heavy atom. The second-order valence-electron chi connectivity index (χ2n) is 6.37. The molecule has 0 aliphatic rings. The normalized spacial score (nSPS) is 10.9. The summed E-state index contributed by atoms with van der Waals surface area (Å²) in [6.07, 6.45) is 0. The quantitative estimate of drug-likeness (QED) is 0.476. The van der Waals surface area contributed by atoms with E-state index in [9.17, 15) is 9.18 Å². The molecule has 1 aromatic heterocycles. The Morgan fingerprint density at radius 1 is 1.07 bits per heavy atom. The molecule has 4 rings (SSSR count). The molecule has 0 atom stereocenters. The summed E-state index contributed by atoms with van der Waals surface area (Å²) < 4.78 is 16.0. The monoisotopic (exact) mass is 391 g/mol. The highest BCUT2D eigenvalue weighted by molar-refractivity contribution is 7.99. The molecule has 0 aliphatic heterocycles. The van der Waals surface area contributed by atoms with Crippen molar-refractivity contribution in [1.29, 1.82) is 0 Å². The van der Waals surface area contributed by atoms with E-state index in [0.29, 0.717) is 5.16 Å². The number of aryl methyl sites for hydroxylation is 1. The minimum atomic E-state index is -0.435. The number of benzene rings is 3. The van der Waals surface area contributed by atoms with Gasteiger partial charge in [-0.1, -0.05) is 48.2 Å². The fraction of sp³-hybridized carbons (Fsp3) is 0.0909. The van der Waals surface area contributed by atoms with E-state index in [1.807, 2.05) is 59.2 Å². The van der Waals surface area contributed by atoms with Crippen LogP contribution in [0.5, 0.6) is 0 Å². The van der Waals surface area contributed by atoms with Gasteiger partial charge in [-0.15, -0.1) is 0 Å². The zero-order valence-electron chi connectivity index (χ0n) is 15.2. The maximum Gasteiger partial charge on any atom is 0.234 e. The van der Waals surface area contributed by atoms with Crippen LogP contribution in [0, 0.1) is 12.7 Å². The summed E-state index contributed by atoms with van der Waals surface area (Å²) in [6, 6.07) is 22.5. The Hall–Kier alpha value is -3.12. The fourth-order valence-corrected chi connectivity index (χ4v) is 3.79. The highest BCUT2D eigenvalue weighted by Crippen LogP contribution is 2.28. The van der Waals surface area contributed by atoms with Crippen molar-refractivity contribution in [3.63, 3.8) is 0 Å². The average Bonchev–Trinajstić information content (AvgIpc) is 3.07. The van der Waals surface area contributed by atoms with Gasteiger partial charge < -0.3 is 5.32 Å². The number of thioether (sulfide) groups is 1. The number of aromatic nitrogens is 2. The van der Waals surface area contributed by atoms with E-state index in [2.05, 4.69) is 10.3 Å². The Kier molecular flexibility index (Phi) is 5.12. The second-order valence-corrected chi connectivity index (χ2v) is 7.32. The lowest BCUT2D eigenvalue weighted by Gasteiger charge is -2.09. The number of hydrogen-bond donors (Lipinski definition) is 1. The highest BCUT2D eigenvalue weighted by atomic mass is 32.2. The van der Waals surface area contributed by atoms with Crippen molar-refractivity contribution in [3.05, 3.63) is 84.2 Å². The Labute approximate surface area is 166 Å². The van der Waals surface area contributed by atoms with Crippen molar-refractivity contribution in [2.75, 3.05) is 11.1 Å². The predicted molar refractivity (Wildman–Crippen MR) is 112 cm³/mol. The van der Waals surface area contributed by atoms with Crippen molar-refractivity contribution >= 4 is 34.4 Å². The molecule has 140 valence electrons. The predicted octanol–water partition coefficient (Wildman–Crippen LogP) is 5.20. The fourth-order valence-electron chi connectivity index (χ4n) is 2.97. The zero-order chi connectivity index (χ0) is 19.5. The van der Waals surface area contributed by atoms with Crippen molar-refractivity contribution in [2.45, 2.75) is 12.1 Å². The summed E-state index contributed by atoms with van der Waals surface area (Å²) in [5.74, 6) is -0.585. The van der Waals surface area contributed by atoms with Gasteiger partial charge in [-0.05, 0) is 48.9 Å². The molecular weight excluding hydrogens is 373 g/mol.